The first-order chi connectivity index (χ1) is 4.79. The zero-order chi connectivity index (χ0) is 7.40. The topological polar surface area (TPSA) is 38.3 Å². The molecule has 0 aliphatic carbocycles. The Morgan fingerprint density at radius 1 is 1.80 bits per heavy atom. The summed E-state index contributed by atoms with van der Waals surface area (Å²) in [6.45, 7) is 2.11. The van der Waals surface area contributed by atoms with Gasteiger partial charge in [0.2, 0.25) is 0 Å². The molecule has 1 rings (SSSR count). The molecule has 0 aromatic rings. The van der Waals surface area contributed by atoms with Gasteiger partial charge in [-0.05, 0) is 12.2 Å². The molecule has 3 heteroatoms. The maximum absolute atomic E-state index is 10.4. The lowest BCUT2D eigenvalue weighted by Gasteiger charge is -2.06. The highest BCUT2D eigenvalue weighted by Gasteiger charge is 1.98. The molecule has 0 fully saturated rings. The Bertz CT molecular complexity index is 194. The van der Waals surface area contributed by atoms with E-state index in [-0.39, 0.29) is 5.97 Å². The summed E-state index contributed by atoms with van der Waals surface area (Å²) in [4.78, 5) is 10.4. The Morgan fingerprint density at radius 3 is 3.10 bits per heavy atom. The molecular formula is C7H9NO2. The van der Waals surface area contributed by atoms with Gasteiger partial charge in [-0.3, -0.25) is 4.79 Å². The first-order valence-corrected chi connectivity index (χ1v) is 3.07. The number of carbonyl (C=O) groups excluding carboxylic acids is 1. The third-order valence-electron chi connectivity index (χ3n) is 1.05. The van der Waals surface area contributed by atoms with Gasteiger partial charge in [0.05, 0.1) is 0 Å². The van der Waals surface area contributed by atoms with E-state index in [1.807, 2.05) is 0 Å². The predicted octanol–water partition coefficient (Wildman–Crippen LogP) is 0.550. The molecule has 0 radical (unpaired) electrons. The van der Waals surface area contributed by atoms with Gasteiger partial charge in [0.1, 0.15) is 5.76 Å². The minimum atomic E-state index is -0.280. The van der Waals surface area contributed by atoms with Crippen LogP contribution in [0.1, 0.15) is 6.92 Å². The first-order valence-electron chi connectivity index (χ1n) is 3.07. The largest absolute Gasteiger partial charge is 0.427 e. The molecule has 0 aromatic carbocycles. The van der Waals surface area contributed by atoms with E-state index < -0.39 is 0 Å². The summed E-state index contributed by atoms with van der Waals surface area (Å²) in [6, 6.07) is 0. The number of allylic oxidation sites excluding steroid dienone is 1. The molecule has 0 amide bonds. The molecule has 0 aromatic heterocycles. The zero-order valence-electron chi connectivity index (χ0n) is 5.76. The van der Waals surface area contributed by atoms with Crippen molar-refractivity contribution < 1.29 is 9.53 Å². The molecular weight excluding hydrogens is 130 g/mol. The SMILES string of the molecule is CC(=O)OC1=CCNC=C1. The summed E-state index contributed by atoms with van der Waals surface area (Å²) in [6.07, 6.45) is 5.27. The Kier molecular flexibility index (Phi) is 2.10. The number of hydrogen-bond acceptors (Lipinski definition) is 3. The molecule has 1 aliphatic heterocycles. The second kappa shape index (κ2) is 3.06. The Morgan fingerprint density at radius 2 is 2.60 bits per heavy atom. The standard InChI is InChI=1S/C7H9NO2/c1-6(9)10-7-2-4-8-5-3-7/h2-4,8H,5H2,1H3. The van der Waals surface area contributed by atoms with Gasteiger partial charge in [0.15, 0.2) is 0 Å². The van der Waals surface area contributed by atoms with E-state index in [1.54, 1.807) is 18.4 Å². The Hall–Kier alpha value is -1.25. The fraction of sp³-hybridized carbons (Fsp3) is 0.286. The van der Waals surface area contributed by atoms with Crippen molar-refractivity contribution in [1.82, 2.24) is 5.32 Å². The van der Waals surface area contributed by atoms with Crippen LogP contribution < -0.4 is 5.32 Å². The normalized spacial score (nSPS) is 15.5. The molecule has 0 unspecified atom stereocenters. The highest BCUT2D eigenvalue weighted by Crippen LogP contribution is 2.01. The molecule has 0 atom stereocenters. The van der Waals surface area contributed by atoms with E-state index in [9.17, 15) is 4.79 Å². The quantitative estimate of drug-likeness (QED) is 0.539. The summed E-state index contributed by atoms with van der Waals surface area (Å²) in [5.74, 6) is 0.337. The molecule has 1 aliphatic rings. The maximum atomic E-state index is 10.4. The predicted molar refractivity (Wildman–Crippen MR) is 37.0 cm³/mol. The smallest absolute Gasteiger partial charge is 0.308 e. The van der Waals surface area contributed by atoms with Gasteiger partial charge < -0.3 is 10.1 Å². The van der Waals surface area contributed by atoms with Crippen molar-refractivity contribution in [2.75, 3.05) is 6.54 Å². The van der Waals surface area contributed by atoms with Gasteiger partial charge in [0, 0.05) is 19.7 Å². The number of nitrogens with one attached hydrogen (secondary N) is 1. The highest BCUT2D eigenvalue weighted by molar-refractivity contribution is 5.67. The lowest BCUT2D eigenvalue weighted by molar-refractivity contribution is -0.136. The van der Waals surface area contributed by atoms with Crippen molar-refractivity contribution in [3.8, 4) is 0 Å². The van der Waals surface area contributed by atoms with Gasteiger partial charge in [0.25, 0.3) is 0 Å². The lowest BCUT2D eigenvalue weighted by Crippen LogP contribution is -2.10. The van der Waals surface area contributed by atoms with Gasteiger partial charge in [-0.25, -0.2) is 0 Å². The molecule has 0 bridgehead atoms. The minimum Gasteiger partial charge on any atom is -0.427 e. The summed E-state index contributed by atoms with van der Waals surface area (Å²) >= 11 is 0. The van der Waals surface area contributed by atoms with Crippen LogP contribution in [0.4, 0.5) is 0 Å². The molecule has 0 saturated carbocycles. The number of carbonyl (C=O) groups is 1. The van der Waals surface area contributed by atoms with Crippen LogP contribution in [0.5, 0.6) is 0 Å². The number of rotatable bonds is 1. The Labute approximate surface area is 59.4 Å². The highest BCUT2D eigenvalue weighted by atomic mass is 16.5. The van der Waals surface area contributed by atoms with E-state index in [0.717, 1.165) is 6.54 Å². The van der Waals surface area contributed by atoms with Gasteiger partial charge >= 0.3 is 5.97 Å². The summed E-state index contributed by atoms with van der Waals surface area (Å²) in [5, 5.41) is 2.94. The first kappa shape index (κ1) is 6.86. The maximum Gasteiger partial charge on any atom is 0.308 e. The number of esters is 1. The van der Waals surface area contributed by atoms with Crippen LogP contribution in [0.15, 0.2) is 24.1 Å². The van der Waals surface area contributed by atoms with Crippen LogP contribution in [0.3, 0.4) is 0 Å². The van der Waals surface area contributed by atoms with Crippen molar-refractivity contribution >= 4 is 5.97 Å². The second-order valence-corrected chi connectivity index (χ2v) is 1.94. The Balaban J connectivity index is 2.48. The van der Waals surface area contributed by atoms with E-state index in [0.29, 0.717) is 5.76 Å². The number of ether oxygens (including phenoxy) is 1. The van der Waals surface area contributed by atoms with Crippen LogP contribution >= 0.6 is 0 Å². The second-order valence-electron chi connectivity index (χ2n) is 1.94. The minimum absolute atomic E-state index is 0.280. The fourth-order valence-electron chi connectivity index (χ4n) is 0.678. The van der Waals surface area contributed by atoms with E-state index >= 15 is 0 Å². The van der Waals surface area contributed by atoms with E-state index in [1.165, 1.54) is 6.92 Å². The van der Waals surface area contributed by atoms with Gasteiger partial charge in [-0.2, -0.15) is 0 Å². The van der Waals surface area contributed by atoms with Crippen LogP contribution in [-0.4, -0.2) is 12.5 Å². The summed E-state index contributed by atoms with van der Waals surface area (Å²) < 4.78 is 4.79. The summed E-state index contributed by atoms with van der Waals surface area (Å²) in [5.41, 5.74) is 0. The van der Waals surface area contributed by atoms with Crippen molar-refractivity contribution in [2.24, 2.45) is 0 Å². The molecule has 1 heterocycles. The van der Waals surface area contributed by atoms with Gasteiger partial charge in [-0.1, -0.05) is 0 Å². The molecule has 54 valence electrons. The lowest BCUT2D eigenvalue weighted by atomic mass is 10.3. The van der Waals surface area contributed by atoms with Gasteiger partial charge in [-0.15, -0.1) is 0 Å². The van der Waals surface area contributed by atoms with Crippen molar-refractivity contribution in [3.63, 3.8) is 0 Å². The van der Waals surface area contributed by atoms with E-state index in [2.05, 4.69) is 5.32 Å². The third-order valence-corrected chi connectivity index (χ3v) is 1.05. The molecule has 1 N–H and O–H groups in total. The number of hydrogen-bond donors (Lipinski definition) is 1. The van der Waals surface area contributed by atoms with E-state index in [4.69, 9.17) is 4.74 Å². The van der Waals surface area contributed by atoms with Crippen molar-refractivity contribution in [3.05, 3.63) is 24.1 Å². The van der Waals surface area contributed by atoms with Crippen LogP contribution in [0, 0.1) is 0 Å². The van der Waals surface area contributed by atoms with Crippen LogP contribution in [0.25, 0.3) is 0 Å². The van der Waals surface area contributed by atoms with Crippen molar-refractivity contribution in [1.29, 1.82) is 0 Å². The molecule has 0 spiro atoms. The molecule has 0 saturated heterocycles. The zero-order valence-corrected chi connectivity index (χ0v) is 5.76. The average Bonchev–Trinajstić information content (AvgIpc) is 1.88. The molecule has 3 nitrogen and oxygen atoms in total. The number of dihydropyridines is 1. The fourth-order valence-corrected chi connectivity index (χ4v) is 0.678. The average molecular weight is 139 g/mol. The summed E-state index contributed by atoms with van der Waals surface area (Å²) in [7, 11) is 0. The molecule has 10 heavy (non-hydrogen) atoms. The van der Waals surface area contributed by atoms with Crippen LogP contribution in [0.2, 0.25) is 0 Å². The third kappa shape index (κ3) is 1.93. The van der Waals surface area contributed by atoms with Crippen molar-refractivity contribution in [2.45, 2.75) is 6.92 Å². The monoisotopic (exact) mass is 139 g/mol. The van der Waals surface area contributed by atoms with Crippen LogP contribution in [-0.2, 0) is 9.53 Å².